The number of hydrogen-bond donors (Lipinski definition) is 2. The monoisotopic (exact) mass is 248 g/mol. The fourth-order valence-electron chi connectivity index (χ4n) is 1.76. The number of halogens is 1. The van der Waals surface area contributed by atoms with E-state index >= 15 is 0 Å². The van der Waals surface area contributed by atoms with E-state index < -0.39 is 0 Å². The number of nitrogens with zero attached hydrogens (tertiary/aromatic N) is 2. The van der Waals surface area contributed by atoms with Crippen molar-refractivity contribution in [3.63, 3.8) is 0 Å². The summed E-state index contributed by atoms with van der Waals surface area (Å²) in [5, 5.41) is 0.709. The van der Waals surface area contributed by atoms with Crippen LogP contribution in [0.5, 0.6) is 0 Å². The fourth-order valence-corrected chi connectivity index (χ4v) is 1.98. The molecule has 1 aromatic carbocycles. The number of nitrogens with two attached hydrogens (primary N) is 1. The van der Waals surface area contributed by atoms with E-state index in [9.17, 15) is 0 Å². The summed E-state index contributed by atoms with van der Waals surface area (Å²) in [6.45, 7) is 1.99. The predicted octanol–water partition coefficient (Wildman–Crippen LogP) is 1.99. The van der Waals surface area contributed by atoms with E-state index in [4.69, 9.17) is 17.4 Å². The Labute approximate surface area is 105 Å². The molecule has 1 heterocycles. The van der Waals surface area contributed by atoms with Gasteiger partial charge in [0.25, 0.3) is 0 Å². The van der Waals surface area contributed by atoms with Crippen molar-refractivity contribution in [2.45, 2.75) is 13.0 Å². The first-order valence-corrected chi connectivity index (χ1v) is 5.58. The fraction of sp³-hybridized carbons (Fsp3) is 0.167. The Hall–Kier alpha value is -1.49. The molecule has 5 heteroatoms. The molecule has 2 rings (SSSR count). The molecule has 0 spiro atoms. The zero-order chi connectivity index (χ0) is 12.3. The van der Waals surface area contributed by atoms with Crippen molar-refractivity contribution in [3.05, 3.63) is 58.6 Å². The first-order chi connectivity index (χ1) is 8.22. The number of rotatable bonds is 3. The Morgan fingerprint density at radius 2 is 2.18 bits per heavy atom. The molecule has 1 aromatic heterocycles. The lowest BCUT2D eigenvalue weighted by Gasteiger charge is -2.17. The Bertz CT molecular complexity index is 501. The van der Waals surface area contributed by atoms with Crippen LogP contribution in [0, 0.1) is 6.92 Å². The van der Waals surface area contributed by atoms with Crippen molar-refractivity contribution in [2.24, 2.45) is 5.84 Å². The van der Waals surface area contributed by atoms with E-state index in [1.165, 1.54) is 0 Å². The second kappa shape index (κ2) is 5.23. The SMILES string of the molecule is Cc1cc(Cl)ccc1C(NN)c1cnccn1. The summed E-state index contributed by atoms with van der Waals surface area (Å²) in [5.41, 5.74) is 5.63. The van der Waals surface area contributed by atoms with Crippen LogP contribution >= 0.6 is 11.6 Å². The molecule has 0 bridgehead atoms. The average molecular weight is 249 g/mol. The van der Waals surface area contributed by atoms with Crippen LogP contribution in [-0.2, 0) is 0 Å². The van der Waals surface area contributed by atoms with Crippen molar-refractivity contribution in [3.8, 4) is 0 Å². The minimum atomic E-state index is -0.180. The lowest BCUT2D eigenvalue weighted by molar-refractivity contribution is 0.615. The lowest BCUT2D eigenvalue weighted by Crippen LogP contribution is -2.30. The van der Waals surface area contributed by atoms with Crippen molar-refractivity contribution < 1.29 is 0 Å². The summed E-state index contributed by atoms with van der Waals surface area (Å²) in [6.07, 6.45) is 4.97. The summed E-state index contributed by atoms with van der Waals surface area (Å²) in [6, 6.07) is 5.50. The van der Waals surface area contributed by atoms with Gasteiger partial charge in [0.1, 0.15) is 0 Å². The van der Waals surface area contributed by atoms with Gasteiger partial charge in [0.15, 0.2) is 0 Å². The molecule has 1 unspecified atom stereocenters. The van der Waals surface area contributed by atoms with E-state index in [-0.39, 0.29) is 6.04 Å². The minimum absolute atomic E-state index is 0.180. The molecule has 0 radical (unpaired) electrons. The molecule has 4 nitrogen and oxygen atoms in total. The second-order valence-corrected chi connectivity index (χ2v) is 4.17. The van der Waals surface area contributed by atoms with E-state index in [1.807, 2.05) is 25.1 Å². The molecule has 1 atom stereocenters. The van der Waals surface area contributed by atoms with Gasteiger partial charge in [0.2, 0.25) is 0 Å². The van der Waals surface area contributed by atoms with Gasteiger partial charge in [0.05, 0.1) is 17.9 Å². The van der Waals surface area contributed by atoms with E-state index in [1.54, 1.807) is 18.6 Å². The van der Waals surface area contributed by atoms with Crippen molar-refractivity contribution in [1.82, 2.24) is 15.4 Å². The molecule has 0 fully saturated rings. The van der Waals surface area contributed by atoms with Gasteiger partial charge >= 0.3 is 0 Å². The Balaban J connectivity index is 2.42. The Morgan fingerprint density at radius 1 is 1.35 bits per heavy atom. The molecular formula is C12H13ClN4. The Morgan fingerprint density at radius 3 is 2.76 bits per heavy atom. The smallest absolute Gasteiger partial charge is 0.0899 e. The molecule has 17 heavy (non-hydrogen) atoms. The summed E-state index contributed by atoms with van der Waals surface area (Å²) >= 11 is 5.93. The summed E-state index contributed by atoms with van der Waals surface area (Å²) in [5.74, 6) is 5.59. The normalized spacial score (nSPS) is 12.4. The third-order valence-corrected chi connectivity index (χ3v) is 2.82. The van der Waals surface area contributed by atoms with E-state index in [0.717, 1.165) is 16.8 Å². The van der Waals surface area contributed by atoms with Gasteiger partial charge in [-0.3, -0.25) is 15.8 Å². The lowest BCUT2D eigenvalue weighted by atomic mass is 9.99. The number of aryl methyl sites for hydroxylation is 1. The van der Waals surface area contributed by atoms with Crippen LogP contribution in [0.3, 0.4) is 0 Å². The first kappa shape index (κ1) is 12.0. The molecule has 0 aliphatic rings. The van der Waals surface area contributed by atoms with Gasteiger partial charge < -0.3 is 0 Å². The second-order valence-electron chi connectivity index (χ2n) is 3.73. The summed E-state index contributed by atoms with van der Waals surface area (Å²) < 4.78 is 0. The maximum atomic E-state index is 5.93. The van der Waals surface area contributed by atoms with Crippen molar-refractivity contribution in [1.29, 1.82) is 0 Å². The molecule has 0 saturated heterocycles. The maximum absolute atomic E-state index is 5.93. The highest BCUT2D eigenvalue weighted by Crippen LogP contribution is 2.24. The standard InChI is InChI=1S/C12H13ClN4/c1-8-6-9(13)2-3-10(8)12(17-14)11-7-15-4-5-16-11/h2-7,12,17H,14H2,1H3. The maximum Gasteiger partial charge on any atom is 0.0899 e. The summed E-state index contributed by atoms with van der Waals surface area (Å²) in [4.78, 5) is 8.29. The van der Waals surface area contributed by atoms with Crippen LogP contribution < -0.4 is 11.3 Å². The van der Waals surface area contributed by atoms with Crippen LogP contribution in [0.4, 0.5) is 0 Å². The molecule has 0 amide bonds. The highest BCUT2D eigenvalue weighted by atomic mass is 35.5. The number of nitrogens with one attached hydrogen (secondary N) is 1. The van der Waals surface area contributed by atoms with Gasteiger partial charge in [0, 0.05) is 17.4 Å². The minimum Gasteiger partial charge on any atom is -0.271 e. The average Bonchev–Trinajstić information content (AvgIpc) is 2.34. The molecule has 88 valence electrons. The largest absolute Gasteiger partial charge is 0.271 e. The molecule has 0 aliphatic carbocycles. The van der Waals surface area contributed by atoms with Gasteiger partial charge in [-0.25, -0.2) is 5.43 Å². The van der Waals surface area contributed by atoms with Gasteiger partial charge in [-0.05, 0) is 30.2 Å². The van der Waals surface area contributed by atoms with E-state index in [2.05, 4.69) is 15.4 Å². The van der Waals surface area contributed by atoms with E-state index in [0.29, 0.717) is 5.02 Å². The highest BCUT2D eigenvalue weighted by molar-refractivity contribution is 6.30. The van der Waals surface area contributed by atoms with Crippen LogP contribution in [0.15, 0.2) is 36.8 Å². The first-order valence-electron chi connectivity index (χ1n) is 5.20. The van der Waals surface area contributed by atoms with Crippen LogP contribution in [0.25, 0.3) is 0 Å². The topological polar surface area (TPSA) is 63.8 Å². The quantitative estimate of drug-likeness (QED) is 0.644. The van der Waals surface area contributed by atoms with Gasteiger partial charge in [-0.1, -0.05) is 17.7 Å². The molecule has 3 N–H and O–H groups in total. The number of hydrazine groups is 1. The zero-order valence-corrected chi connectivity index (χ0v) is 10.1. The van der Waals surface area contributed by atoms with Crippen molar-refractivity contribution >= 4 is 11.6 Å². The third kappa shape index (κ3) is 2.61. The predicted molar refractivity (Wildman–Crippen MR) is 67.4 cm³/mol. The number of benzene rings is 1. The van der Waals surface area contributed by atoms with Gasteiger partial charge in [-0.15, -0.1) is 0 Å². The third-order valence-electron chi connectivity index (χ3n) is 2.59. The summed E-state index contributed by atoms with van der Waals surface area (Å²) in [7, 11) is 0. The van der Waals surface area contributed by atoms with Crippen LogP contribution in [0.1, 0.15) is 22.9 Å². The zero-order valence-electron chi connectivity index (χ0n) is 9.39. The molecule has 0 aliphatic heterocycles. The molecular weight excluding hydrogens is 236 g/mol. The van der Waals surface area contributed by atoms with Crippen LogP contribution in [-0.4, -0.2) is 9.97 Å². The molecule has 0 saturated carbocycles. The Kier molecular flexibility index (Phi) is 3.68. The van der Waals surface area contributed by atoms with Crippen LogP contribution in [0.2, 0.25) is 5.02 Å². The number of aromatic nitrogens is 2. The van der Waals surface area contributed by atoms with Gasteiger partial charge in [-0.2, -0.15) is 0 Å². The highest BCUT2D eigenvalue weighted by Gasteiger charge is 2.15. The molecule has 2 aromatic rings. The van der Waals surface area contributed by atoms with Crippen molar-refractivity contribution in [2.75, 3.05) is 0 Å². The number of hydrogen-bond acceptors (Lipinski definition) is 4.